The number of pyridine rings is 1. The molecular formula is C24H24N4O5. The minimum atomic E-state index is -0.419. The van der Waals surface area contributed by atoms with Gasteiger partial charge in [0.15, 0.2) is 18.1 Å². The summed E-state index contributed by atoms with van der Waals surface area (Å²) in [6.45, 7) is 2.03. The van der Waals surface area contributed by atoms with E-state index >= 15 is 0 Å². The molecule has 9 heteroatoms. The van der Waals surface area contributed by atoms with Crippen LogP contribution in [0.5, 0.6) is 17.2 Å². The van der Waals surface area contributed by atoms with Crippen LogP contribution in [0.2, 0.25) is 0 Å². The van der Waals surface area contributed by atoms with Crippen LogP contribution >= 0.6 is 0 Å². The molecule has 1 heterocycles. The van der Waals surface area contributed by atoms with Crippen molar-refractivity contribution in [3.63, 3.8) is 0 Å². The Morgan fingerprint density at radius 3 is 2.58 bits per heavy atom. The molecule has 33 heavy (non-hydrogen) atoms. The van der Waals surface area contributed by atoms with Gasteiger partial charge >= 0.3 is 0 Å². The van der Waals surface area contributed by atoms with Crippen LogP contribution in [0, 0.1) is 0 Å². The summed E-state index contributed by atoms with van der Waals surface area (Å²) in [5.41, 5.74) is 3.91. The van der Waals surface area contributed by atoms with E-state index in [1.807, 2.05) is 13.0 Å². The predicted molar refractivity (Wildman–Crippen MR) is 124 cm³/mol. The lowest BCUT2D eigenvalue weighted by molar-refractivity contribution is -0.118. The Kier molecular flexibility index (Phi) is 8.35. The molecule has 0 atom stereocenters. The van der Waals surface area contributed by atoms with Crippen LogP contribution in [-0.4, -0.2) is 43.3 Å². The van der Waals surface area contributed by atoms with Crippen LogP contribution in [-0.2, 0) is 4.79 Å². The number of benzene rings is 2. The Hall–Kier alpha value is -4.40. The second-order valence-corrected chi connectivity index (χ2v) is 6.59. The molecule has 0 bridgehead atoms. The number of para-hydroxylation sites is 2. The smallest absolute Gasteiger partial charge is 0.289 e. The average molecular weight is 448 g/mol. The van der Waals surface area contributed by atoms with Crippen molar-refractivity contribution in [3.8, 4) is 17.2 Å². The number of anilines is 1. The minimum Gasteiger partial charge on any atom is -0.495 e. The molecule has 3 rings (SSSR count). The van der Waals surface area contributed by atoms with Crippen molar-refractivity contribution >= 4 is 23.7 Å². The summed E-state index contributed by atoms with van der Waals surface area (Å²) in [6, 6.07) is 17.2. The summed E-state index contributed by atoms with van der Waals surface area (Å²) < 4.78 is 16.5. The van der Waals surface area contributed by atoms with Crippen LogP contribution in [0.4, 0.5) is 5.69 Å². The van der Waals surface area contributed by atoms with Crippen LogP contribution < -0.4 is 25.0 Å². The van der Waals surface area contributed by atoms with Crippen molar-refractivity contribution in [2.24, 2.45) is 5.10 Å². The molecule has 2 amide bonds. The van der Waals surface area contributed by atoms with Crippen molar-refractivity contribution in [2.45, 2.75) is 6.92 Å². The lowest BCUT2D eigenvalue weighted by Gasteiger charge is -2.13. The maximum atomic E-state index is 12.3. The summed E-state index contributed by atoms with van der Waals surface area (Å²) >= 11 is 0. The molecule has 0 unspecified atom stereocenters. The molecule has 0 saturated carbocycles. The molecule has 1 aromatic heterocycles. The minimum absolute atomic E-state index is 0.217. The van der Waals surface area contributed by atoms with Gasteiger partial charge in [-0.3, -0.25) is 14.6 Å². The molecular weight excluding hydrogens is 424 g/mol. The summed E-state index contributed by atoms with van der Waals surface area (Å²) in [6.07, 6.45) is 3.00. The van der Waals surface area contributed by atoms with E-state index in [1.54, 1.807) is 54.6 Å². The third kappa shape index (κ3) is 6.79. The highest BCUT2D eigenvalue weighted by atomic mass is 16.5. The Labute approximate surface area is 191 Å². The zero-order valence-electron chi connectivity index (χ0n) is 18.3. The maximum Gasteiger partial charge on any atom is 0.289 e. The quantitative estimate of drug-likeness (QED) is 0.364. The first-order valence-corrected chi connectivity index (χ1v) is 10.2. The molecule has 0 fully saturated rings. The number of hydrogen-bond acceptors (Lipinski definition) is 7. The average Bonchev–Trinajstić information content (AvgIpc) is 2.84. The monoisotopic (exact) mass is 448 g/mol. The van der Waals surface area contributed by atoms with Gasteiger partial charge in [-0.25, -0.2) is 5.43 Å². The summed E-state index contributed by atoms with van der Waals surface area (Å²) in [7, 11) is 1.53. The first-order chi connectivity index (χ1) is 16.1. The standard InChI is InChI=1S/C24H24N4O5/c1-3-32-22-14-17(15-26-28-24(30)19-9-6-7-13-25-19)11-12-21(22)33-16-23(29)27-18-8-4-5-10-20(18)31-2/h4-15H,3,16H2,1-2H3,(H,27,29)(H,28,30)/b26-15-. The predicted octanol–water partition coefficient (Wildman–Crippen LogP) is 3.27. The third-order valence-electron chi connectivity index (χ3n) is 4.28. The number of carbonyl (C=O) groups excluding carboxylic acids is 2. The Morgan fingerprint density at radius 1 is 1.00 bits per heavy atom. The highest BCUT2D eigenvalue weighted by molar-refractivity contribution is 5.94. The maximum absolute atomic E-state index is 12.3. The van der Waals surface area contributed by atoms with Crippen molar-refractivity contribution in [2.75, 3.05) is 25.6 Å². The molecule has 0 spiro atoms. The van der Waals surface area contributed by atoms with E-state index in [9.17, 15) is 9.59 Å². The number of ether oxygens (including phenoxy) is 3. The van der Waals surface area contributed by atoms with Crippen molar-refractivity contribution in [1.82, 2.24) is 10.4 Å². The van der Waals surface area contributed by atoms with Gasteiger partial charge in [-0.2, -0.15) is 5.10 Å². The molecule has 2 N–H and O–H groups in total. The second-order valence-electron chi connectivity index (χ2n) is 6.59. The molecule has 0 saturated heterocycles. The normalized spacial score (nSPS) is 10.5. The van der Waals surface area contributed by atoms with Crippen LogP contribution in [0.3, 0.4) is 0 Å². The Morgan fingerprint density at radius 2 is 1.82 bits per heavy atom. The lowest BCUT2D eigenvalue weighted by Crippen LogP contribution is -2.20. The van der Waals surface area contributed by atoms with Gasteiger partial charge in [0.05, 0.1) is 25.6 Å². The molecule has 3 aromatic rings. The van der Waals surface area contributed by atoms with E-state index < -0.39 is 5.91 Å². The van der Waals surface area contributed by atoms with E-state index in [4.69, 9.17) is 14.2 Å². The number of carbonyl (C=O) groups is 2. The van der Waals surface area contributed by atoms with Crippen LogP contribution in [0.25, 0.3) is 0 Å². The number of aromatic nitrogens is 1. The molecule has 170 valence electrons. The Balaban J connectivity index is 1.61. The van der Waals surface area contributed by atoms with Crippen molar-refractivity contribution < 1.29 is 23.8 Å². The van der Waals surface area contributed by atoms with E-state index in [1.165, 1.54) is 19.5 Å². The number of amides is 2. The van der Waals surface area contributed by atoms with Gasteiger partial charge in [0.25, 0.3) is 11.8 Å². The van der Waals surface area contributed by atoms with Gasteiger partial charge in [-0.05, 0) is 55.0 Å². The number of rotatable bonds is 10. The van der Waals surface area contributed by atoms with Crippen LogP contribution in [0.15, 0.2) is 72.0 Å². The fourth-order valence-electron chi connectivity index (χ4n) is 2.79. The van der Waals surface area contributed by atoms with E-state index in [2.05, 4.69) is 20.8 Å². The fourth-order valence-corrected chi connectivity index (χ4v) is 2.79. The van der Waals surface area contributed by atoms with E-state index in [0.29, 0.717) is 35.1 Å². The Bertz CT molecular complexity index is 1120. The molecule has 9 nitrogen and oxygen atoms in total. The van der Waals surface area contributed by atoms with E-state index in [0.717, 1.165) is 0 Å². The first-order valence-electron chi connectivity index (χ1n) is 10.2. The van der Waals surface area contributed by atoms with Crippen LogP contribution in [0.1, 0.15) is 23.0 Å². The van der Waals surface area contributed by atoms with E-state index in [-0.39, 0.29) is 18.2 Å². The number of methoxy groups -OCH3 is 1. The third-order valence-corrected chi connectivity index (χ3v) is 4.28. The summed E-state index contributed by atoms with van der Waals surface area (Å²) in [5.74, 6) is 0.645. The van der Waals surface area contributed by atoms with Gasteiger partial charge in [-0.1, -0.05) is 18.2 Å². The molecule has 0 aliphatic rings. The number of hydrogen-bond donors (Lipinski definition) is 2. The summed E-state index contributed by atoms with van der Waals surface area (Å²) in [4.78, 5) is 28.3. The topological polar surface area (TPSA) is 111 Å². The summed E-state index contributed by atoms with van der Waals surface area (Å²) in [5, 5.41) is 6.70. The lowest BCUT2D eigenvalue weighted by atomic mass is 10.2. The number of nitrogens with zero attached hydrogens (tertiary/aromatic N) is 2. The van der Waals surface area contributed by atoms with Gasteiger partial charge < -0.3 is 19.5 Å². The number of nitrogens with one attached hydrogen (secondary N) is 2. The number of hydrazone groups is 1. The molecule has 2 aromatic carbocycles. The van der Waals surface area contributed by atoms with Gasteiger partial charge in [0, 0.05) is 6.20 Å². The van der Waals surface area contributed by atoms with Gasteiger partial charge in [-0.15, -0.1) is 0 Å². The first kappa shape index (κ1) is 23.3. The van der Waals surface area contributed by atoms with Gasteiger partial charge in [0.2, 0.25) is 0 Å². The highest BCUT2D eigenvalue weighted by Gasteiger charge is 2.11. The molecule has 0 radical (unpaired) electrons. The van der Waals surface area contributed by atoms with Gasteiger partial charge in [0.1, 0.15) is 11.4 Å². The highest BCUT2D eigenvalue weighted by Crippen LogP contribution is 2.28. The molecule has 0 aliphatic carbocycles. The zero-order chi connectivity index (χ0) is 23.5. The fraction of sp³-hybridized carbons (Fsp3) is 0.167. The van der Waals surface area contributed by atoms with Crippen molar-refractivity contribution in [3.05, 3.63) is 78.1 Å². The van der Waals surface area contributed by atoms with Crippen molar-refractivity contribution in [1.29, 1.82) is 0 Å². The SMILES string of the molecule is CCOc1cc(/C=N\NC(=O)c2ccccn2)ccc1OCC(=O)Nc1ccccc1OC. The molecule has 0 aliphatic heterocycles. The largest absolute Gasteiger partial charge is 0.495 e. The second kappa shape index (κ2) is 11.8. The zero-order valence-corrected chi connectivity index (χ0v) is 18.3.